The van der Waals surface area contributed by atoms with Gasteiger partial charge in [-0.2, -0.15) is 15.0 Å². The Morgan fingerprint density at radius 1 is 1.46 bits per heavy atom. The molecule has 0 amide bonds. The first-order valence-corrected chi connectivity index (χ1v) is 3.83. The van der Waals surface area contributed by atoms with Crippen molar-refractivity contribution in [2.24, 2.45) is 0 Å². The molecule has 13 heavy (non-hydrogen) atoms. The zero-order valence-corrected chi connectivity index (χ0v) is 7.45. The first-order chi connectivity index (χ1) is 6.22. The van der Waals surface area contributed by atoms with Crippen LogP contribution in [0.25, 0.3) is 0 Å². The zero-order chi connectivity index (χ0) is 9.68. The van der Waals surface area contributed by atoms with Crippen molar-refractivity contribution in [2.45, 2.75) is 6.42 Å². The molecule has 0 saturated carbocycles. The molecule has 6 heteroatoms. The van der Waals surface area contributed by atoms with Gasteiger partial charge in [0.05, 0.1) is 0 Å². The molecule has 1 aromatic heterocycles. The van der Waals surface area contributed by atoms with Crippen molar-refractivity contribution in [1.82, 2.24) is 15.0 Å². The molecule has 0 fully saturated rings. The fraction of sp³-hybridized carbons (Fsp3) is 0.286. The minimum Gasteiger partial charge on any atom is -0.462 e. The quantitative estimate of drug-likeness (QED) is 0.566. The molecular formula is C7H7ClN4O. The molecule has 68 valence electrons. The molecule has 0 aromatic carbocycles. The second kappa shape index (κ2) is 4.48. The number of hydrogen-bond donors (Lipinski definition) is 1. The van der Waals surface area contributed by atoms with Crippen molar-refractivity contribution >= 4 is 17.5 Å². The Morgan fingerprint density at radius 2 is 2.23 bits per heavy atom. The van der Waals surface area contributed by atoms with E-state index in [1.165, 1.54) is 0 Å². The van der Waals surface area contributed by atoms with Crippen LogP contribution in [0.5, 0.6) is 6.01 Å². The molecule has 1 aromatic rings. The number of anilines is 1. The van der Waals surface area contributed by atoms with E-state index in [0.29, 0.717) is 13.0 Å². The lowest BCUT2D eigenvalue weighted by atomic mass is 10.5. The smallest absolute Gasteiger partial charge is 0.322 e. The Kier molecular flexibility index (Phi) is 3.29. The van der Waals surface area contributed by atoms with E-state index < -0.39 is 0 Å². The Hall–Kier alpha value is -1.54. The second-order valence-corrected chi connectivity index (χ2v) is 2.39. The van der Waals surface area contributed by atoms with Crippen LogP contribution < -0.4 is 10.5 Å². The van der Waals surface area contributed by atoms with Crippen molar-refractivity contribution in [3.05, 3.63) is 5.28 Å². The normalized spacial score (nSPS) is 9.23. The summed E-state index contributed by atoms with van der Waals surface area (Å²) in [6.07, 6.45) is 5.49. The van der Waals surface area contributed by atoms with Crippen LogP contribution in [-0.4, -0.2) is 21.6 Å². The number of aromatic nitrogens is 3. The number of nitrogens with zero attached hydrogens (tertiary/aromatic N) is 3. The summed E-state index contributed by atoms with van der Waals surface area (Å²) in [5, 5.41) is 0.00297. The van der Waals surface area contributed by atoms with Crippen LogP contribution in [0.4, 0.5) is 5.95 Å². The summed E-state index contributed by atoms with van der Waals surface area (Å²) in [7, 11) is 0. The molecule has 5 nitrogen and oxygen atoms in total. The highest BCUT2D eigenvalue weighted by molar-refractivity contribution is 6.28. The third-order valence-corrected chi connectivity index (χ3v) is 1.25. The largest absolute Gasteiger partial charge is 0.462 e. The summed E-state index contributed by atoms with van der Waals surface area (Å²) in [5.74, 6) is 2.43. The number of rotatable bonds is 3. The molecule has 0 radical (unpaired) electrons. The van der Waals surface area contributed by atoms with Gasteiger partial charge < -0.3 is 10.5 Å². The van der Waals surface area contributed by atoms with Gasteiger partial charge in [0.15, 0.2) is 0 Å². The highest BCUT2D eigenvalue weighted by Crippen LogP contribution is 2.08. The monoisotopic (exact) mass is 198 g/mol. The zero-order valence-electron chi connectivity index (χ0n) is 6.70. The van der Waals surface area contributed by atoms with Gasteiger partial charge in [-0.3, -0.25) is 0 Å². The molecule has 2 N–H and O–H groups in total. The molecule has 0 spiro atoms. The number of nitrogen functional groups attached to an aromatic ring is 1. The van der Waals surface area contributed by atoms with Gasteiger partial charge in [-0.1, -0.05) is 0 Å². The predicted octanol–water partition coefficient (Wildman–Crippen LogP) is 0.509. The van der Waals surface area contributed by atoms with E-state index in [4.69, 9.17) is 28.5 Å². The summed E-state index contributed by atoms with van der Waals surface area (Å²) < 4.78 is 5.04. The van der Waals surface area contributed by atoms with E-state index >= 15 is 0 Å². The number of halogens is 1. The summed E-state index contributed by atoms with van der Waals surface area (Å²) in [6, 6.07) is 0.0905. The number of ether oxygens (including phenoxy) is 1. The van der Waals surface area contributed by atoms with E-state index in [1.807, 2.05) is 0 Å². The van der Waals surface area contributed by atoms with E-state index in [-0.39, 0.29) is 17.2 Å². The highest BCUT2D eigenvalue weighted by Gasteiger charge is 2.01. The molecular weight excluding hydrogens is 192 g/mol. The molecule has 0 aliphatic heterocycles. The summed E-state index contributed by atoms with van der Waals surface area (Å²) in [5.41, 5.74) is 5.30. The molecule has 0 saturated heterocycles. The van der Waals surface area contributed by atoms with Gasteiger partial charge in [-0.25, -0.2) is 0 Å². The SMILES string of the molecule is C#CCCOc1nc(N)nc(Cl)n1. The molecule has 0 aliphatic rings. The Morgan fingerprint density at radius 3 is 2.85 bits per heavy atom. The fourth-order valence-corrected chi connectivity index (χ4v) is 0.771. The molecule has 0 bridgehead atoms. The maximum atomic E-state index is 5.50. The van der Waals surface area contributed by atoms with Gasteiger partial charge in [0, 0.05) is 6.42 Å². The van der Waals surface area contributed by atoms with Crippen LogP contribution in [0.2, 0.25) is 5.28 Å². The number of terminal acetylenes is 1. The number of hydrogen-bond acceptors (Lipinski definition) is 5. The Balaban J connectivity index is 2.62. The van der Waals surface area contributed by atoms with Crippen LogP contribution in [0.1, 0.15) is 6.42 Å². The van der Waals surface area contributed by atoms with Crippen molar-refractivity contribution in [3.63, 3.8) is 0 Å². The van der Waals surface area contributed by atoms with Gasteiger partial charge in [0.1, 0.15) is 6.61 Å². The number of nitrogens with two attached hydrogens (primary N) is 1. The van der Waals surface area contributed by atoms with Crippen molar-refractivity contribution in [3.8, 4) is 18.4 Å². The summed E-state index contributed by atoms with van der Waals surface area (Å²) in [6.45, 7) is 0.330. The van der Waals surface area contributed by atoms with Gasteiger partial charge in [-0.15, -0.1) is 12.3 Å². The van der Waals surface area contributed by atoms with Crippen molar-refractivity contribution in [1.29, 1.82) is 0 Å². The minimum absolute atomic E-state index is 0.00297. The molecule has 0 aliphatic carbocycles. The average molecular weight is 199 g/mol. The van der Waals surface area contributed by atoms with Gasteiger partial charge >= 0.3 is 6.01 Å². The lowest BCUT2D eigenvalue weighted by Crippen LogP contribution is -2.04. The van der Waals surface area contributed by atoms with E-state index in [0.717, 1.165) is 0 Å². The molecule has 1 rings (SSSR count). The third kappa shape index (κ3) is 3.13. The van der Waals surface area contributed by atoms with Gasteiger partial charge in [-0.05, 0) is 11.6 Å². The van der Waals surface area contributed by atoms with Crippen LogP contribution >= 0.6 is 11.6 Å². The first kappa shape index (κ1) is 9.55. The van der Waals surface area contributed by atoms with Crippen molar-refractivity contribution in [2.75, 3.05) is 12.3 Å². The molecule has 1 heterocycles. The maximum absolute atomic E-state index is 5.50. The summed E-state index contributed by atoms with van der Waals surface area (Å²) >= 11 is 5.50. The van der Waals surface area contributed by atoms with E-state index in [1.54, 1.807) is 0 Å². The molecule has 0 atom stereocenters. The maximum Gasteiger partial charge on any atom is 0.322 e. The van der Waals surface area contributed by atoms with Gasteiger partial charge in [0.25, 0.3) is 0 Å². The third-order valence-electron chi connectivity index (χ3n) is 1.08. The average Bonchev–Trinajstić information content (AvgIpc) is 2.03. The second-order valence-electron chi connectivity index (χ2n) is 2.05. The minimum atomic E-state index is 0.00297. The van der Waals surface area contributed by atoms with Crippen LogP contribution in [0, 0.1) is 12.3 Å². The fourth-order valence-electron chi connectivity index (χ4n) is 0.612. The topological polar surface area (TPSA) is 73.9 Å². The van der Waals surface area contributed by atoms with E-state index in [9.17, 15) is 0 Å². The van der Waals surface area contributed by atoms with Crippen LogP contribution in [-0.2, 0) is 0 Å². The Bertz CT molecular complexity index is 316. The first-order valence-electron chi connectivity index (χ1n) is 3.45. The van der Waals surface area contributed by atoms with Crippen LogP contribution in [0.3, 0.4) is 0 Å². The van der Waals surface area contributed by atoms with Crippen molar-refractivity contribution < 1.29 is 4.74 Å². The van der Waals surface area contributed by atoms with E-state index in [2.05, 4.69) is 20.9 Å². The van der Waals surface area contributed by atoms with Crippen LogP contribution in [0.15, 0.2) is 0 Å². The lowest BCUT2D eigenvalue weighted by Gasteiger charge is -2.01. The predicted molar refractivity (Wildman–Crippen MR) is 48.2 cm³/mol. The summed E-state index contributed by atoms with van der Waals surface area (Å²) in [4.78, 5) is 10.9. The molecule has 0 unspecified atom stereocenters. The lowest BCUT2D eigenvalue weighted by molar-refractivity contribution is 0.300. The standard InChI is InChI=1S/C7H7ClN4O/c1-2-3-4-13-7-11-5(8)10-6(9)12-7/h1H,3-4H2,(H2,9,10,11,12). The highest BCUT2D eigenvalue weighted by atomic mass is 35.5. The van der Waals surface area contributed by atoms with Gasteiger partial charge in [0.2, 0.25) is 11.2 Å². The Labute approximate surface area is 80.3 Å².